The molecule has 26 heavy (non-hydrogen) atoms. The number of hydrogen-bond acceptors (Lipinski definition) is 2. The van der Waals surface area contributed by atoms with Gasteiger partial charge in [0.15, 0.2) is 0 Å². The number of carbonyl (C=O) groups excluding carboxylic acids is 1. The van der Waals surface area contributed by atoms with E-state index in [0.717, 1.165) is 48.9 Å². The van der Waals surface area contributed by atoms with Crippen molar-refractivity contribution in [1.29, 1.82) is 0 Å². The molecule has 2 heterocycles. The lowest BCUT2D eigenvalue weighted by Crippen LogP contribution is -2.39. The summed E-state index contributed by atoms with van der Waals surface area (Å²) in [5.41, 5.74) is 3.08. The smallest absolute Gasteiger partial charge is 0.227 e. The van der Waals surface area contributed by atoms with Gasteiger partial charge in [0.2, 0.25) is 5.91 Å². The maximum absolute atomic E-state index is 12.7. The van der Waals surface area contributed by atoms with Crippen LogP contribution in [-0.4, -0.2) is 23.9 Å². The molecule has 4 heteroatoms. The van der Waals surface area contributed by atoms with E-state index in [1.807, 2.05) is 17.0 Å². The van der Waals surface area contributed by atoms with Gasteiger partial charge >= 0.3 is 0 Å². The molecule has 1 aromatic heterocycles. The van der Waals surface area contributed by atoms with Crippen LogP contribution in [0.3, 0.4) is 0 Å². The molecule has 1 aliphatic rings. The zero-order valence-corrected chi connectivity index (χ0v) is 15.4. The third-order valence-electron chi connectivity index (χ3n) is 5.29. The number of likely N-dealkylation sites (tertiary alicyclic amines) is 1. The Morgan fingerprint density at radius 2 is 1.88 bits per heavy atom. The van der Waals surface area contributed by atoms with Gasteiger partial charge in [0.05, 0.1) is 12.7 Å². The number of benzene rings is 2. The first-order valence-electron chi connectivity index (χ1n) is 9.16. The van der Waals surface area contributed by atoms with E-state index in [1.54, 1.807) is 12.3 Å². The molecule has 0 unspecified atom stereocenters. The molecule has 0 N–H and O–H groups in total. The predicted molar refractivity (Wildman–Crippen MR) is 104 cm³/mol. The standard InChI is InChI=1S/C22H22ClNO2/c23-19-6-7-21-20(14-19)18(15-26-21)13-22(25)24-10-8-17(9-11-24)12-16-4-2-1-3-5-16/h1-7,14-15,17H,8-13H2. The minimum atomic E-state index is 0.172. The van der Waals surface area contributed by atoms with E-state index in [-0.39, 0.29) is 5.91 Å². The highest BCUT2D eigenvalue weighted by atomic mass is 35.5. The second kappa shape index (κ2) is 7.55. The van der Waals surface area contributed by atoms with E-state index in [4.69, 9.17) is 16.0 Å². The van der Waals surface area contributed by atoms with Gasteiger partial charge in [0.1, 0.15) is 5.58 Å². The van der Waals surface area contributed by atoms with Crippen LogP contribution >= 0.6 is 11.6 Å². The molecule has 3 nitrogen and oxygen atoms in total. The topological polar surface area (TPSA) is 33.5 Å². The van der Waals surface area contributed by atoms with Gasteiger partial charge in [-0.25, -0.2) is 0 Å². The van der Waals surface area contributed by atoms with E-state index >= 15 is 0 Å². The maximum Gasteiger partial charge on any atom is 0.227 e. The van der Waals surface area contributed by atoms with Crippen molar-refractivity contribution in [2.45, 2.75) is 25.7 Å². The van der Waals surface area contributed by atoms with Crippen LogP contribution in [0.5, 0.6) is 0 Å². The lowest BCUT2D eigenvalue weighted by atomic mass is 9.90. The van der Waals surface area contributed by atoms with Gasteiger partial charge in [0, 0.05) is 29.1 Å². The molecule has 0 spiro atoms. The SMILES string of the molecule is O=C(Cc1coc2ccc(Cl)cc12)N1CCC(Cc2ccccc2)CC1. The Kier molecular flexibility index (Phi) is 4.98. The molecule has 3 aromatic rings. The first kappa shape index (κ1) is 17.2. The Bertz CT molecular complexity index is 895. The van der Waals surface area contributed by atoms with Crippen LogP contribution < -0.4 is 0 Å². The maximum atomic E-state index is 12.7. The van der Waals surface area contributed by atoms with E-state index in [2.05, 4.69) is 30.3 Å². The predicted octanol–water partition coefficient (Wildman–Crippen LogP) is 5.11. The van der Waals surface area contributed by atoms with E-state index < -0.39 is 0 Å². The van der Waals surface area contributed by atoms with Crippen molar-refractivity contribution in [2.24, 2.45) is 5.92 Å². The average Bonchev–Trinajstić information content (AvgIpc) is 3.05. The molecule has 0 saturated carbocycles. The minimum absolute atomic E-state index is 0.172. The Hall–Kier alpha value is -2.26. The van der Waals surface area contributed by atoms with E-state index in [9.17, 15) is 4.79 Å². The lowest BCUT2D eigenvalue weighted by Gasteiger charge is -2.32. The van der Waals surface area contributed by atoms with E-state index in [0.29, 0.717) is 17.4 Å². The number of halogens is 1. The number of nitrogens with zero attached hydrogens (tertiary/aromatic N) is 1. The summed E-state index contributed by atoms with van der Waals surface area (Å²) in [6.45, 7) is 1.68. The first-order chi connectivity index (χ1) is 12.7. The van der Waals surface area contributed by atoms with Gasteiger partial charge in [-0.1, -0.05) is 41.9 Å². The van der Waals surface area contributed by atoms with Crippen molar-refractivity contribution in [3.63, 3.8) is 0 Å². The summed E-state index contributed by atoms with van der Waals surface area (Å²) < 4.78 is 5.55. The Labute approximate surface area is 158 Å². The molecule has 1 saturated heterocycles. The molecule has 4 rings (SSSR count). The molecule has 1 fully saturated rings. The van der Waals surface area contributed by atoms with Crippen molar-refractivity contribution in [2.75, 3.05) is 13.1 Å². The lowest BCUT2D eigenvalue weighted by molar-refractivity contribution is -0.131. The second-order valence-electron chi connectivity index (χ2n) is 7.09. The fourth-order valence-corrected chi connectivity index (χ4v) is 3.97. The van der Waals surface area contributed by atoms with Crippen molar-refractivity contribution >= 4 is 28.5 Å². The number of carbonyl (C=O) groups is 1. The number of amides is 1. The van der Waals surface area contributed by atoms with Crippen LogP contribution in [0, 0.1) is 5.92 Å². The summed E-state index contributed by atoms with van der Waals surface area (Å²) in [4.78, 5) is 14.7. The van der Waals surface area contributed by atoms with Crippen LogP contribution in [0.2, 0.25) is 5.02 Å². The number of piperidine rings is 1. The highest BCUT2D eigenvalue weighted by molar-refractivity contribution is 6.31. The summed E-state index contributed by atoms with van der Waals surface area (Å²) in [5, 5.41) is 1.60. The number of furan rings is 1. The zero-order chi connectivity index (χ0) is 17.9. The van der Waals surface area contributed by atoms with Crippen LogP contribution in [0.15, 0.2) is 59.2 Å². The van der Waals surface area contributed by atoms with Crippen molar-refractivity contribution < 1.29 is 9.21 Å². The average molecular weight is 368 g/mol. The summed E-state index contributed by atoms with van der Waals surface area (Å²) in [5.74, 6) is 0.834. The van der Waals surface area contributed by atoms with Crippen molar-refractivity contribution in [3.8, 4) is 0 Å². The Morgan fingerprint density at radius 1 is 1.12 bits per heavy atom. The minimum Gasteiger partial charge on any atom is -0.464 e. The van der Waals surface area contributed by atoms with Gasteiger partial charge in [-0.2, -0.15) is 0 Å². The van der Waals surface area contributed by atoms with Gasteiger partial charge in [-0.05, 0) is 48.9 Å². The number of rotatable bonds is 4. The van der Waals surface area contributed by atoms with Crippen LogP contribution in [0.4, 0.5) is 0 Å². The van der Waals surface area contributed by atoms with Crippen LogP contribution in [0.1, 0.15) is 24.0 Å². The third kappa shape index (κ3) is 3.78. The van der Waals surface area contributed by atoms with Crippen LogP contribution in [-0.2, 0) is 17.6 Å². The molecule has 0 bridgehead atoms. The van der Waals surface area contributed by atoms with Gasteiger partial charge in [0.25, 0.3) is 0 Å². The third-order valence-corrected chi connectivity index (χ3v) is 5.53. The monoisotopic (exact) mass is 367 g/mol. The zero-order valence-electron chi connectivity index (χ0n) is 14.7. The second-order valence-corrected chi connectivity index (χ2v) is 7.53. The normalized spacial score (nSPS) is 15.5. The number of hydrogen-bond donors (Lipinski definition) is 0. The van der Waals surface area contributed by atoms with Crippen molar-refractivity contribution in [3.05, 3.63) is 70.9 Å². The highest BCUT2D eigenvalue weighted by Gasteiger charge is 2.23. The fraction of sp³-hybridized carbons (Fsp3) is 0.318. The fourth-order valence-electron chi connectivity index (χ4n) is 3.80. The molecule has 1 aliphatic heterocycles. The Morgan fingerprint density at radius 3 is 2.65 bits per heavy atom. The van der Waals surface area contributed by atoms with Crippen LogP contribution in [0.25, 0.3) is 11.0 Å². The van der Waals surface area contributed by atoms with Gasteiger partial charge in [-0.3, -0.25) is 4.79 Å². The summed E-state index contributed by atoms with van der Waals surface area (Å²) in [6, 6.07) is 16.1. The molecule has 134 valence electrons. The van der Waals surface area contributed by atoms with Gasteiger partial charge < -0.3 is 9.32 Å². The summed E-state index contributed by atoms with van der Waals surface area (Å²) >= 11 is 6.08. The molecule has 0 radical (unpaired) electrons. The molecular formula is C22H22ClNO2. The van der Waals surface area contributed by atoms with Gasteiger partial charge in [-0.15, -0.1) is 0 Å². The molecule has 2 aromatic carbocycles. The molecule has 0 aliphatic carbocycles. The summed E-state index contributed by atoms with van der Waals surface area (Å²) in [6.07, 6.45) is 5.29. The first-order valence-corrected chi connectivity index (χ1v) is 9.54. The Balaban J connectivity index is 1.35. The quantitative estimate of drug-likeness (QED) is 0.642. The highest BCUT2D eigenvalue weighted by Crippen LogP contribution is 2.26. The molecular weight excluding hydrogens is 346 g/mol. The number of fused-ring (bicyclic) bond motifs is 1. The van der Waals surface area contributed by atoms with E-state index in [1.165, 1.54) is 5.56 Å². The molecule has 1 amide bonds. The van der Waals surface area contributed by atoms with Crippen molar-refractivity contribution in [1.82, 2.24) is 4.90 Å². The summed E-state index contributed by atoms with van der Waals surface area (Å²) in [7, 11) is 0. The largest absolute Gasteiger partial charge is 0.464 e. The molecule has 0 atom stereocenters.